The first-order chi connectivity index (χ1) is 13.1. The van der Waals surface area contributed by atoms with Crippen LogP contribution in [0.4, 0.5) is 0 Å². The summed E-state index contributed by atoms with van der Waals surface area (Å²) in [7, 11) is 0. The number of carbonyl (C=O) groups is 1. The van der Waals surface area contributed by atoms with Gasteiger partial charge in [-0.15, -0.1) is 0 Å². The summed E-state index contributed by atoms with van der Waals surface area (Å²) in [5.41, 5.74) is 5.99. The Kier molecular flexibility index (Phi) is 4.46. The minimum Gasteiger partial charge on any atom is -0.358 e. The number of aromatic nitrogens is 4. The number of para-hydroxylation sites is 1. The molecule has 2 heterocycles. The standard InChI is InChI=1S/C21H21N5O/c1-14-15(2)25-20-18(14)8-5-9-19(20)21(27)23-10-16-6-3-4-7-17(16)11-26-13-22-12-24-26/h3-9,12-13,25H,10-11H2,1-2H3,(H,23,27). The third kappa shape index (κ3) is 3.33. The zero-order chi connectivity index (χ0) is 18.8. The van der Waals surface area contributed by atoms with Crippen LogP contribution in [0.2, 0.25) is 0 Å². The number of benzene rings is 2. The van der Waals surface area contributed by atoms with Crippen LogP contribution in [0, 0.1) is 13.8 Å². The second kappa shape index (κ2) is 7.07. The van der Waals surface area contributed by atoms with Crippen molar-refractivity contribution >= 4 is 16.8 Å². The summed E-state index contributed by atoms with van der Waals surface area (Å²) in [6.07, 6.45) is 3.21. The summed E-state index contributed by atoms with van der Waals surface area (Å²) >= 11 is 0. The zero-order valence-corrected chi connectivity index (χ0v) is 15.4. The Balaban J connectivity index is 1.55. The molecule has 0 bridgehead atoms. The first-order valence-electron chi connectivity index (χ1n) is 8.89. The van der Waals surface area contributed by atoms with Gasteiger partial charge in [-0.1, -0.05) is 36.4 Å². The summed E-state index contributed by atoms with van der Waals surface area (Å²) in [5.74, 6) is -0.0857. The van der Waals surface area contributed by atoms with Crippen LogP contribution in [0.15, 0.2) is 55.1 Å². The van der Waals surface area contributed by atoms with Crippen LogP contribution in [0.3, 0.4) is 0 Å². The third-order valence-corrected chi connectivity index (χ3v) is 4.94. The molecule has 2 aromatic heterocycles. The molecule has 2 N–H and O–H groups in total. The van der Waals surface area contributed by atoms with E-state index in [4.69, 9.17) is 0 Å². The SMILES string of the molecule is Cc1[nH]c2c(C(=O)NCc3ccccc3Cn3cncn3)cccc2c1C. The van der Waals surface area contributed by atoms with Crippen LogP contribution in [-0.4, -0.2) is 25.7 Å². The minimum atomic E-state index is -0.0857. The van der Waals surface area contributed by atoms with Gasteiger partial charge in [0.25, 0.3) is 5.91 Å². The maximum Gasteiger partial charge on any atom is 0.253 e. The summed E-state index contributed by atoms with van der Waals surface area (Å²) < 4.78 is 1.77. The number of rotatable bonds is 5. The Morgan fingerprint density at radius 2 is 1.93 bits per heavy atom. The maximum atomic E-state index is 12.8. The number of nitrogens with one attached hydrogen (secondary N) is 2. The molecule has 4 rings (SSSR count). The molecule has 6 heteroatoms. The molecule has 2 aromatic carbocycles. The Hall–Kier alpha value is -3.41. The largest absolute Gasteiger partial charge is 0.358 e. The molecule has 0 saturated heterocycles. The Bertz CT molecular complexity index is 1100. The fraction of sp³-hybridized carbons (Fsp3) is 0.190. The van der Waals surface area contributed by atoms with E-state index >= 15 is 0 Å². The van der Waals surface area contributed by atoms with Gasteiger partial charge in [-0.2, -0.15) is 5.10 Å². The normalized spacial score (nSPS) is 11.0. The van der Waals surface area contributed by atoms with Gasteiger partial charge < -0.3 is 10.3 Å². The second-order valence-electron chi connectivity index (χ2n) is 6.65. The Morgan fingerprint density at radius 3 is 2.70 bits per heavy atom. The molecule has 27 heavy (non-hydrogen) atoms. The summed E-state index contributed by atoms with van der Waals surface area (Å²) in [6.45, 7) is 5.17. The molecule has 0 spiro atoms. The molecular formula is C21H21N5O. The predicted octanol–water partition coefficient (Wildman–Crippen LogP) is 3.35. The van der Waals surface area contributed by atoms with Crippen molar-refractivity contribution in [2.75, 3.05) is 0 Å². The number of aromatic amines is 1. The fourth-order valence-electron chi connectivity index (χ4n) is 3.32. The molecular weight excluding hydrogens is 338 g/mol. The lowest BCUT2D eigenvalue weighted by Crippen LogP contribution is -2.24. The quantitative estimate of drug-likeness (QED) is 0.574. The Labute approximate surface area is 157 Å². The van der Waals surface area contributed by atoms with Gasteiger partial charge in [-0.3, -0.25) is 4.79 Å². The smallest absolute Gasteiger partial charge is 0.253 e. The maximum absolute atomic E-state index is 12.8. The molecule has 0 fully saturated rings. The first-order valence-corrected chi connectivity index (χ1v) is 8.89. The van der Waals surface area contributed by atoms with Gasteiger partial charge in [0, 0.05) is 17.6 Å². The molecule has 0 radical (unpaired) electrons. The molecule has 0 aliphatic heterocycles. The molecule has 0 aliphatic rings. The molecule has 0 aliphatic carbocycles. The van der Waals surface area contributed by atoms with Crippen molar-refractivity contribution in [2.24, 2.45) is 0 Å². The first kappa shape index (κ1) is 17.0. The second-order valence-corrected chi connectivity index (χ2v) is 6.65. The average molecular weight is 359 g/mol. The molecule has 0 atom stereocenters. The minimum absolute atomic E-state index is 0.0857. The Morgan fingerprint density at radius 1 is 1.11 bits per heavy atom. The van der Waals surface area contributed by atoms with Gasteiger partial charge in [0.1, 0.15) is 12.7 Å². The van der Waals surface area contributed by atoms with Crippen molar-refractivity contribution in [3.63, 3.8) is 0 Å². The van der Waals surface area contributed by atoms with Crippen molar-refractivity contribution in [2.45, 2.75) is 26.9 Å². The van der Waals surface area contributed by atoms with E-state index in [1.54, 1.807) is 11.0 Å². The van der Waals surface area contributed by atoms with Crippen molar-refractivity contribution in [3.05, 3.63) is 83.1 Å². The number of carbonyl (C=O) groups excluding carboxylic acids is 1. The van der Waals surface area contributed by atoms with Crippen LogP contribution >= 0.6 is 0 Å². The van der Waals surface area contributed by atoms with E-state index in [1.165, 1.54) is 11.9 Å². The molecule has 6 nitrogen and oxygen atoms in total. The van der Waals surface area contributed by atoms with Crippen molar-refractivity contribution in [1.29, 1.82) is 0 Å². The molecule has 4 aromatic rings. The number of hydrogen-bond acceptors (Lipinski definition) is 3. The average Bonchev–Trinajstić information content (AvgIpc) is 3.29. The van der Waals surface area contributed by atoms with Crippen molar-refractivity contribution < 1.29 is 4.79 Å². The van der Waals surface area contributed by atoms with E-state index in [0.29, 0.717) is 18.7 Å². The lowest BCUT2D eigenvalue weighted by Gasteiger charge is -2.11. The fourth-order valence-corrected chi connectivity index (χ4v) is 3.32. The highest BCUT2D eigenvalue weighted by atomic mass is 16.1. The monoisotopic (exact) mass is 359 g/mol. The number of aryl methyl sites for hydroxylation is 2. The van der Waals surface area contributed by atoms with Crippen molar-refractivity contribution in [3.8, 4) is 0 Å². The van der Waals surface area contributed by atoms with Gasteiger partial charge in [-0.05, 0) is 36.6 Å². The number of nitrogens with zero attached hydrogens (tertiary/aromatic N) is 3. The molecule has 136 valence electrons. The number of hydrogen-bond donors (Lipinski definition) is 2. The van der Waals surface area contributed by atoms with Crippen LogP contribution in [0.1, 0.15) is 32.7 Å². The van der Waals surface area contributed by atoms with E-state index < -0.39 is 0 Å². The predicted molar refractivity (Wildman–Crippen MR) is 105 cm³/mol. The van der Waals surface area contributed by atoms with E-state index in [0.717, 1.165) is 27.7 Å². The zero-order valence-electron chi connectivity index (χ0n) is 15.4. The van der Waals surface area contributed by atoms with E-state index in [9.17, 15) is 4.79 Å². The lowest BCUT2D eigenvalue weighted by molar-refractivity contribution is 0.0952. The molecule has 0 unspecified atom stereocenters. The van der Waals surface area contributed by atoms with E-state index in [1.807, 2.05) is 49.4 Å². The summed E-state index contributed by atoms with van der Waals surface area (Å²) in [6, 6.07) is 13.9. The third-order valence-electron chi connectivity index (χ3n) is 4.94. The summed E-state index contributed by atoms with van der Waals surface area (Å²) in [4.78, 5) is 20.1. The molecule has 1 amide bonds. The van der Waals surface area contributed by atoms with E-state index in [2.05, 4.69) is 27.3 Å². The number of fused-ring (bicyclic) bond motifs is 1. The topological polar surface area (TPSA) is 75.6 Å². The highest BCUT2D eigenvalue weighted by molar-refractivity contribution is 6.06. The molecule has 0 saturated carbocycles. The van der Waals surface area contributed by atoms with Gasteiger partial charge in [0.2, 0.25) is 0 Å². The van der Waals surface area contributed by atoms with Crippen LogP contribution < -0.4 is 5.32 Å². The van der Waals surface area contributed by atoms with Crippen LogP contribution in [0.25, 0.3) is 10.9 Å². The van der Waals surface area contributed by atoms with E-state index in [-0.39, 0.29) is 5.91 Å². The highest BCUT2D eigenvalue weighted by Gasteiger charge is 2.14. The van der Waals surface area contributed by atoms with Crippen molar-refractivity contribution in [1.82, 2.24) is 25.1 Å². The van der Waals surface area contributed by atoms with Gasteiger partial charge in [0.15, 0.2) is 0 Å². The summed E-state index contributed by atoms with van der Waals surface area (Å²) in [5, 5.41) is 8.30. The van der Waals surface area contributed by atoms with Crippen LogP contribution in [-0.2, 0) is 13.1 Å². The van der Waals surface area contributed by atoms with Gasteiger partial charge >= 0.3 is 0 Å². The van der Waals surface area contributed by atoms with Crippen LogP contribution in [0.5, 0.6) is 0 Å². The highest BCUT2D eigenvalue weighted by Crippen LogP contribution is 2.24. The van der Waals surface area contributed by atoms with Gasteiger partial charge in [0.05, 0.1) is 17.6 Å². The number of amides is 1. The lowest BCUT2D eigenvalue weighted by atomic mass is 10.1. The van der Waals surface area contributed by atoms with Gasteiger partial charge in [-0.25, -0.2) is 9.67 Å². The number of H-pyrrole nitrogens is 1.